The monoisotopic (exact) mass is 476 g/mol. The lowest BCUT2D eigenvalue weighted by Crippen LogP contribution is -2.56. The van der Waals surface area contributed by atoms with Gasteiger partial charge in [0, 0.05) is 6.54 Å². The Morgan fingerprint density at radius 2 is 2.00 bits per heavy atom. The average Bonchev–Trinajstić information content (AvgIpc) is 2.88. The van der Waals surface area contributed by atoms with Crippen LogP contribution in [-0.2, 0) is 15.3 Å². The van der Waals surface area contributed by atoms with Gasteiger partial charge in [-0.25, -0.2) is 27.3 Å². The van der Waals surface area contributed by atoms with Crippen molar-refractivity contribution in [2.24, 2.45) is 15.1 Å². The SMILES string of the molecule is Cc1cc(F)cnc1C(=O)Nc1ccc(F)c(C2(C)CS3(=O)=NCCCCC3(C)C(N)=N2)n1. The smallest absolute Gasteiger partial charge is 0.275 e. The molecule has 2 aliphatic heterocycles. The molecular formula is C22H26F2N6O2S. The van der Waals surface area contributed by atoms with Crippen LogP contribution < -0.4 is 11.1 Å². The molecule has 0 fully saturated rings. The standard InChI is InChI=1S/C22H26F2N6O2S/c1-13-10-14(23)11-26-17(13)19(31)29-16-7-6-15(24)18(28-16)21(2)12-33(32)22(3,20(25)30-21)8-4-5-9-27-33/h6-7,10-11H,4-5,8-9,12H2,1-3H3,(H2,25,30)(H,28,29,31). The molecule has 3 N–H and O–H groups in total. The Kier molecular flexibility index (Phi) is 5.71. The minimum absolute atomic E-state index is 0.0196. The maximum absolute atomic E-state index is 15.0. The lowest BCUT2D eigenvalue weighted by molar-refractivity contribution is 0.102. The highest BCUT2D eigenvalue weighted by Crippen LogP contribution is 2.41. The summed E-state index contributed by atoms with van der Waals surface area (Å²) < 4.78 is 45.8. The van der Waals surface area contributed by atoms with Crippen molar-refractivity contribution < 1.29 is 17.8 Å². The first-order valence-electron chi connectivity index (χ1n) is 10.6. The number of amidine groups is 1. The van der Waals surface area contributed by atoms with E-state index in [-0.39, 0.29) is 28.8 Å². The van der Waals surface area contributed by atoms with E-state index < -0.39 is 37.6 Å². The van der Waals surface area contributed by atoms with E-state index in [1.807, 2.05) is 0 Å². The van der Waals surface area contributed by atoms with E-state index in [4.69, 9.17) is 5.73 Å². The summed E-state index contributed by atoms with van der Waals surface area (Å²) in [6, 6.07) is 3.65. The summed E-state index contributed by atoms with van der Waals surface area (Å²) in [6.07, 6.45) is 3.17. The summed E-state index contributed by atoms with van der Waals surface area (Å²) in [4.78, 5) is 25.3. The summed E-state index contributed by atoms with van der Waals surface area (Å²) in [5, 5.41) is 2.56. The molecule has 0 saturated heterocycles. The van der Waals surface area contributed by atoms with Gasteiger partial charge in [-0.1, -0.05) is 0 Å². The number of nitrogens with one attached hydrogen (secondary N) is 1. The number of amides is 1. The maximum atomic E-state index is 15.0. The van der Waals surface area contributed by atoms with E-state index in [1.54, 1.807) is 20.8 Å². The van der Waals surface area contributed by atoms with Gasteiger partial charge < -0.3 is 11.1 Å². The Balaban J connectivity index is 1.73. The number of halogens is 2. The first-order chi connectivity index (χ1) is 15.5. The average molecular weight is 477 g/mol. The van der Waals surface area contributed by atoms with E-state index in [1.165, 1.54) is 12.1 Å². The molecule has 0 bridgehead atoms. The Morgan fingerprint density at radius 3 is 2.73 bits per heavy atom. The van der Waals surface area contributed by atoms with Crippen molar-refractivity contribution >= 4 is 27.3 Å². The lowest BCUT2D eigenvalue weighted by Gasteiger charge is -2.41. The van der Waals surface area contributed by atoms with Crippen LogP contribution in [0, 0.1) is 18.6 Å². The number of pyridine rings is 2. The molecule has 0 aromatic carbocycles. The summed E-state index contributed by atoms with van der Waals surface area (Å²) in [7, 11) is -2.85. The second kappa shape index (κ2) is 8.12. The molecule has 0 aliphatic carbocycles. The largest absolute Gasteiger partial charge is 0.386 e. The third kappa shape index (κ3) is 3.98. The Hall–Kier alpha value is -2.95. The predicted octanol–water partition coefficient (Wildman–Crippen LogP) is 3.31. The molecule has 0 saturated carbocycles. The van der Waals surface area contributed by atoms with Crippen LogP contribution in [0.15, 0.2) is 33.8 Å². The summed E-state index contributed by atoms with van der Waals surface area (Å²) >= 11 is 0. The molecule has 11 heteroatoms. The van der Waals surface area contributed by atoms with Crippen LogP contribution >= 0.6 is 0 Å². The minimum atomic E-state index is -2.85. The number of nitrogens with two attached hydrogens (primary N) is 1. The fourth-order valence-corrected chi connectivity index (χ4v) is 7.26. The van der Waals surface area contributed by atoms with Crippen LogP contribution in [0.25, 0.3) is 0 Å². The normalized spacial score (nSPS) is 29.3. The fraction of sp³-hybridized carbons (Fsp3) is 0.455. The molecular weight excluding hydrogens is 450 g/mol. The molecule has 176 valence electrons. The second-order valence-corrected chi connectivity index (χ2v) is 11.6. The fourth-order valence-electron chi connectivity index (χ4n) is 4.35. The molecule has 0 spiro atoms. The van der Waals surface area contributed by atoms with Gasteiger partial charge in [-0.2, -0.15) is 0 Å². The van der Waals surface area contributed by atoms with Gasteiger partial charge >= 0.3 is 0 Å². The number of anilines is 1. The van der Waals surface area contributed by atoms with Crippen LogP contribution in [0.3, 0.4) is 0 Å². The number of carbonyl (C=O) groups is 1. The highest BCUT2D eigenvalue weighted by Gasteiger charge is 2.51. The van der Waals surface area contributed by atoms with Gasteiger partial charge in [0.05, 0.1) is 21.7 Å². The molecule has 2 aromatic heterocycles. The second-order valence-electron chi connectivity index (χ2n) is 8.90. The molecule has 3 atom stereocenters. The number of aryl methyl sites for hydroxylation is 1. The number of aliphatic imine (C=N–C) groups is 1. The molecule has 4 heterocycles. The number of hydrogen-bond donors (Lipinski definition) is 2. The van der Waals surface area contributed by atoms with Crippen LogP contribution in [0.2, 0.25) is 0 Å². The number of fused-ring (bicyclic) bond motifs is 1. The number of aromatic nitrogens is 2. The van der Waals surface area contributed by atoms with E-state index >= 15 is 0 Å². The van der Waals surface area contributed by atoms with Crippen molar-refractivity contribution in [3.05, 3.63) is 53.0 Å². The number of nitrogens with zero attached hydrogens (tertiary/aromatic N) is 4. The number of rotatable bonds is 3. The molecule has 3 unspecified atom stereocenters. The zero-order valence-corrected chi connectivity index (χ0v) is 19.5. The third-order valence-corrected chi connectivity index (χ3v) is 9.68. The van der Waals surface area contributed by atoms with Gasteiger partial charge in [0.15, 0.2) is 0 Å². The van der Waals surface area contributed by atoms with Crippen LogP contribution in [0.1, 0.15) is 54.9 Å². The van der Waals surface area contributed by atoms with Gasteiger partial charge in [0.2, 0.25) is 0 Å². The van der Waals surface area contributed by atoms with Gasteiger partial charge in [0.25, 0.3) is 5.91 Å². The minimum Gasteiger partial charge on any atom is -0.386 e. The van der Waals surface area contributed by atoms with Crippen molar-refractivity contribution in [2.75, 3.05) is 17.6 Å². The number of carbonyl (C=O) groups excluding carboxylic acids is 1. The summed E-state index contributed by atoms with van der Waals surface area (Å²) in [6.45, 7) is 5.43. The van der Waals surface area contributed by atoms with Crippen molar-refractivity contribution in [3.63, 3.8) is 0 Å². The van der Waals surface area contributed by atoms with Crippen LogP contribution in [0.4, 0.5) is 14.6 Å². The van der Waals surface area contributed by atoms with Crippen LogP contribution in [0.5, 0.6) is 0 Å². The van der Waals surface area contributed by atoms with E-state index in [0.29, 0.717) is 18.5 Å². The first-order valence-corrected chi connectivity index (χ1v) is 12.3. The van der Waals surface area contributed by atoms with E-state index in [2.05, 4.69) is 24.6 Å². The van der Waals surface area contributed by atoms with E-state index in [0.717, 1.165) is 25.1 Å². The quantitative estimate of drug-likeness (QED) is 0.704. The van der Waals surface area contributed by atoms with Crippen molar-refractivity contribution in [1.82, 2.24) is 9.97 Å². The molecule has 8 nitrogen and oxygen atoms in total. The molecule has 2 aromatic rings. The van der Waals surface area contributed by atoms with Gasteiger partial charge in [-0.15, -0.1) is 0 Å². The molecule has 4 rings (SSSR count). The van der Waals surface area contributed by atoms with Crippen LogP contribution in [-0.4, -0.2) is 43.0 Å². The highest BCUT2D eigenvalue weighted by molar-refractivity contribution is 7.95. The first kappa shape index (κ1) is 23.2. The highest BCUT2D eigenvalue weighted by atomic mass is 32.2. The van der Waals surface area contributed by atoms with E-state index in [9.17, 15) is 17.8 Å². The molecule has 33 heavy (non-hydrogen) atoms. The zero-order valence-electron chi connectivity index (χ0n) is 18.7. The Bertz CT molecular complexity index is 1290. The zero-order chi connectivity index (χ0) is 24.0. The van der Waals surface area contributed by atoms with Gasteiger partial charge in [-0.3, -0.25) is 9.79 Å². The molecule has 1 amide bonds. The third-order valence-electron chi connectivity index (χ3n) is 6.31. The van der Waals surface area contributed by atoms with Gasteiger partial charge in [0.1, 0.15) is 45.0 Å². The Morgan fingerprint density at radius 1 is 1.24 bits per heavy atom. The van der Waals surface area contributed by atoms with Gasteiger partial charge in [-0.05, 0) is 63.8 Å². The topological polar surface area (TPSA) is 123 Å². The summed E-state index contributed by atoms with van der Waals surface area (Å²) in [5.74, 6) is -1.64. The predicted molar refractivity (Wildman–Crippen MR) is 123 cm³/mol. The lowest BCUT2D eigenvalue weighted by atomic mass is 9.96. The molecule has 2 aliphatic rings. The van der Waals surface area contributed by atoms with Crippen molar-refractivity contribution in [2.45, 2.75) is 50.3 Å². The van der Waals surface area contributed by atoms with Crippen molar-refractivity contribution in [3.8, 4) is 0 Å². The maximum Gasteiger partial charge on any atom is 0.275 e. The molecule has 0 radical (unpaired) electrons. The Labute approximate surface area is 191 Å². The summed E-state index contributed by atoms with van der Waals surface area (Å²) in [5.41, 5.74) is 5.26. The number of hydrogen-bond acceptors (Lipinski definition) is 7. The van der Waals surface area contributed by atoms with Crippen molar-refractivity contribution in [1.29, 1.82) is 0 Å².